The molecule has 0 saturated carbocycles. The number of aromatic amines is 1. The number of nitrogens with one attached hydrogen (secondary N) is 2. The van der Waals surface area contributed by atoms with E-state index in [1.54, 1.807) is 0 Å². The molecule has 0 amide bonds. The van der Waals surface area contributed by atoms with Crippen LogP contribution in [0.15, 0.2) is 58.4 Å². The number of hydrogen-bond donors (Lipinski definition) is 2. The minimum atomic E-state index is -0.475. The third-order valence-electron chi connectivity index (χ3n) is 2.90. The molecule has 0 aliphatic rings. The Balaban J connectivity index is 1.93. The summed E-state index contributed by atoms with van der Waals surface area (Å²) in [6, 6.07) is 13.2. The Bertz CT molecular complexity index is 960. The van der Waals surface area contributed by atoms with Crippen molar-refractivity contribution in [3.8, 4) is 0 Å². The number of non-ortho nitro benzene ring substituents is 1. The molecule has 0 aliphatic carbocycles. The van der Waals surface area contributed by atoms with E-state index >= 15 is 0 Å². The average Bonchev–Trinajstić information content (AvgIpc) is 2.53. The molecule has 3 aromatic rings. The molecule has 0 bridgehead atoms. The summed E-state index contributed by atoms with van der Waals surface area (Å²) in [5, 5.41) is 14.6. The van der Waals surface area contributed by atoms with Crippen LogP contribution in [0.25, 0.3) is 10.2 Å². The Morgan fingerprint density at radius 1 is 1.14 bits per heavy atom. The van der Waals surface area contributed by atoms with Gasteiger partial charge in [-0.2, -0.15) is 5.10 Å². The third kappa shape index (κ3) is 2.86. The van der Waals surface area contributed by atoms with E-state index in [2.05, 4.69) is 15.5 Å². The van der Waals surface area contributed by atoms with Gasteiger partial charge in [0, 0.05) is 12.1 Å². The smallest absolute Gasteiger partial charge is 0.286 e. The number of fused-ring (bicyclic) bond motifs is 1. The van der Waals surface area contributed by atoms with Crippen LogP contribution in [0, 0.1) is 10.1 Å². The number of rotatable bonds is 3. The quantitative estimate of drug-likeness (QED) is 0.572. The van der Waals surface area contributed by atoms with Gasteiger partial charge in [-0.1, -0.05) is 12.1 Å². The van der Waals surface area contributed by atoms with Gasteiger partial charge in [0.25, 0.3) is 11.2 Å². The number of nitro groups is 1. The predicted octanol–water partition coefficient (Wildman–Crippen LogP) is 2.43. The number of anilines is 1. The molecule has 1 aromatic heterocycles. The van der Waals surface area contributed by atoms with Crippen LogP contribution in [0.1, 0.15) is 0 Å². The van der Waals surface area contributed by atoms with E-state index in [-0.39, 0.29) is 15.9 Å². The summed E-state index contributed by atoms with van der Waals surface area (Å²) >= 11 is 1.26. The van der Waals surface area contributed by atoms with Crippen LogP contribution in [0.4, 0.5) is 11.4 Å². The van der Waals surface area contributed by atoms with Crippen molar-refractivity contribution >= 4 is 32.9 Å². The van der Waals surface area contributed by atoms with Crippen molar-refractivity contribution in [2.75, 3.05) is 5.43 Å². The van der Waals surface area contributed by atoms with E-state index in [0.29, 0.717) is 5.69 Å². The monoisotopic (exact) mass is 314 g/mol. The average molecular weight is 314 g/mol. The summed E-state index contributed by atoms with van der Waals surface area (Å²) in [5.74, 6) is 0. The first-order valence-corrected chi connectivity index (χ1v) is 7.11. The highest BCUT2D eigenvalue weighted by atomic mass is 32.1. The molecular weight excluding hydrogens is 304 g/mol. The van der Waals surface area contributed by atoms with Gasteiger partial charge in [0.2, 0.25) is 4.67 Å². The highest BCUT2D eigenvalue weighted by Gasteiger charge is 2.03. The van der Waals surface area contributed by atoms with Crippen molar-refractivity contribution < 1.29 is 4.92 Å². The lowest BCUT2D eigenvalue weighted by molar-refractivity contribution is -0.384. The molecule has 2 aromatic carbocycles. The molecule has 0 saturated heterocycles. The second-order valence-electron chi connectivity index (χ2n) is 4.39. The van der Waals surface area contributed by atoms with E-state index in [4.69, 9.17) is 0 Å². The summed E-state index contributed by atoms with van der Waals surface area (Å²) < 4.78 is 1.18. The number of H-pyrrole nitrogens is 1. The fourth-order valence-corrected chi connectivity index (χ4v) is 2.65. The van der Waals surface area contributed by atoms with Crippen molar-refractivity contribution in [1.82, 2.24) is 4.98 Å². The maximum atomic E-state index is 11.9. The first-order chi connectivity index (χ1) is 10.6. The Labute approximate surface area is 127 Å². The summed E-state index contributed by atoms with van der Waals surface area (Å²) in [4.78, 5) is 24.8. The molecule has 22 heavy (non-hydrogen) atoms. The van der Waals surface area contributed by atoms with Crippen molar-refractivity contribution in [2.45, 2.75) is 0 Å². The molecule has 2 N–H and O–H groups in total. The molecule has 1 heterocycles. The second-order valence-corrected chi connectivity index (χ2v) is 5.42. The number of nitro benzene ring substituents is 1. The van der Waals surface area contributed by atoms with Crippen LogP contribution in [0.5, 0.6) is 0 Å². The molecular formula is C14H10N4O3S. The molecule has 0 aliphatic heterocycles. The molecule has 7 nitrogen and oxygen atoms in total. The van der Waals surface area contributed by atoms with Crippen LogP contribution in [0.2, 0.25) is 0 Å². The standard InChI is InChI=1S/C14H10N4O3S/c19-13-14(22-12-4-2-1-3-11(12)15-13)17-16-9-5-7-10(8-6-9)18(20)21/h1-8,16H,(H,15,19)/b17-14-. The molecule has 8 heteroatoms. The maximum absolute atomic E-state index is 11.9. The van der Waals surface area contributed by atoms with Crippen LogP contribution in [0.3, 0.4) is 0 Å². The van der Waals surface area contributed by atoms with E-state index in [0.717, 1.165) is 10.2 Å². The van der Waals surface area contributed by atoms with Gasteiger partial charge in [-0.3, -0.25) is 20.3 Å². The number of nitrogens with zero attached hydrogens (tertiary/aromatic N) is 2. The lowest BCUT2D eigenvalue weighted by Crippen LogP contribution is -2.25. The molecule has 110 valence electrons. The fraction of sp³-hybridized carbons (Fsp3) is 0. The lowest BCUT2D eigenvalue weighted by Gasteiger charge is -1.99. The Hall–Kier alpha value is -3.00. The zero-order chi connectivity index (χ0) is 15.5. The minimum Gasteiger partial charge on any atom is -0.319 e. The van der Waals surface area contributed by atoms with Crippen molar-refractivity contribution in [2.24, 2.45) is 5.10 Å². The fourth-order valence-electron chi connectivity index (χ4n) is 1.83. The number of aromatic nitrogens is 1. The minimum absolute atomic E-state index is 0.00286. The van der Waals surface area contributed by atoms with Crippen LogP contribution < -0.4 is 15.7 Å². The van der Waals surface area contributed by atoms with E-state index < -0.39 is 4.92 Å². The Kier molecular flexibility index (Phi) is 3.67. The first kappa shape index (κ1) is 14.0. The van der Waals surface area contributed by atoms with Crippen LogP contribution >= 0.6 is 11.3 Å². The van der Waals surface area contributed by atoms with E-state index in [1.807, 2.05) is 24.3 Å². The van der Waals surface area contributed by atoms with Gasteiger partial charge in [0.1, 0.15) is 0 Å². The Morgan fingerprint density at radius 2 is 1.86 bits per heavy atom. The highest BCUT2D eigenvalue weighted by molar-refractivity contribution is 7.16. The van der Waals surface area contributed by atoms with Crippen molar-refractivity contribution in [3.63, 3.8) is 0 Å². The van der Waals surface area contributed by atoms with Crippen molar-refractivity contribution in [1.29, 1.82) is 0 Å². The zero-order valence-electron chi connectivity index (χ0n) is 11.1. The molecule has 3 rings (SSSR count). The maximum Gasteiger partial charge on any atom is 0.286 e. The summed E-state index contributed by atoms with van der Waals surface area (Å²) in [6.07, 6.45) is 0. The van der Waals surface area contributed by atoms with Crippen molar-refractivity contribution in [3.05, 3.63) is 73.7 Å². The number of benzene rings is 2. The molecule has 0 unspecified atom stereocenters. The number of hydrogen-bond acceptors (Lipinski definition) is 6. The van der Waals surface area contributed by atoms with Crippen LogP contribution in [-0.2, 0) is 0 Å². The molecule has 0 fully saturated rings. The van der Waals surface area contributed by atoms with E-state index in [9.17, 15) is 14.9 Å². The van der Waals surface area contributed by atoms with Gasteiger partial charge >= 0.3 is 0 Å². The van der Waals surface area contributed by atoms with Crippen LogP contribution in [-0.4, -0.2) is 9.91 Å². The van der Waals surface area contributed by atoms with Gasteiger partial charge in [-0.15, -0.1) is 11.3 Å². The molecule has 0 spiro atoms. The topological polar surface area (TPSA) is 100 Å². The highest BCUT2D eigenvalue weighted by Crippen LogP contribution is 2.15. The summed E-state index contributed by atoms with van der Waals surface area (Å²) in [5.41, 5.74) is 3.75. The largest absolute Gasteiger partial charge is 0.319 e. The SMILES string of the molecule is O=c1[nH]c2ccccc2s/c1=N\Nc1ccc([N+](=O)[O-])cc1. The zero-order valence-corrected chi connectivity index (χ0v) is 12.0. The number of para-hydroxylation sites is 1. The predicted molar refractivity (Wildman–Crippen MR) is 84.7 cm³/mol. The first-order valence-electron chi connectivity index (χ1n) is 6.30. The summed E-state index contributed by atoms with van der Waals surface area (Å²) in [6.45, 7) is 0. The van der Waals surface area contributed by atoms with E-state index in [1.165, 1.54) is 35.6 Å². The van der Waals surface area contributed by atoms with Gasteiger partial charge in [0.15, 0.2) is 0 Å². The normalized spacial score (nSPS) is 11.5. The third-order valence-corrected chi connectivity index (χ3v) is 3.95. The van der Waals surface area contributed by atoms with Gasteiger partial charge < -0.3 is 4.98 Å². The Morgan fingerprint density at radius 3 is 2.59 bits per heavy atom. The lowest BCUT2D eigenvalue weighted by atomic mass is 10.3. The summed E-state index contributed by atoms with van der Waals surface area (Å²) in [7, 11) is 0. The van der Waals surface area contributed by atoms with Gasteiger partial charge in [-0.05, 0) is 24.3 Å². The molecule has 0 atom stereocenters. The molecule has 0 radical (unpaired) electrons. The van der Waals surface area contributed by atoms with Gasteiger partial charge in [-0.25, -0.2) is 0 Å². The second kappa shape index (κ2) is 5.78. The van der Waals surface area contributed by atoms with Gasteiger partial charge in [0.05, 0.1) is 20.8 Å².